The molecule has 0 aliphatic heterocycles. The second kappa shape index (κ2) is 6.03. The van der Waals surface area contributed by atoms with Gasteiger partial charge in [-0.2, -0.15) is 13.2 Å². The van der Waals surface area contributed by atoms with Gasteiger partial charge in [-0.05, 0) is 48.9 Å². The summed E-state index contributed by atoms with van der Waals surface area (Å²) in [6.45, 7) is 1.84. The third kappa shape index (κ3) is 3.58. The van der Waals surface area contributed by atoms with Crippen LogP contribution in [-0.2, 0) is 16.2 Å². The number of aryl methyl sites for hydroxylation is 1. The zero-order valence-electron chi connectivity index (χ0n) is 13.0. The van der Waals surface area contributed by atoms with E-state index < -0.39 is 21.8 Å². The summed E-state index contributed by atoms with van der Waals surface area (Å²) >= 11 is 0. The predicted molar refractivity (Wildman–Crippen MR) is 88.7 cm³/mol. The summed E-state index contributed by atoms with van der Waals surface area (Å²) in [5.41, 5.74) is 0.375. The van der Waals surface area contributed by atoms with E-state index in [4.69, 9.17) is 0 Å². The number of nitrogens with zero attached hydrogens (tertiary/aromatic N) is 1. The average molecular weight is 366 g/mol. The molecule has 25 heavy (non-hydrogen) atoms. The molecular weight excluding hydrogens is 353 g/mol. The normalized spacial score (nSPS) is 12.3. The van der Waals surface area contributed by atoms with Crippen molar-refractivity contribution < 1.29 is 21.6 Å². The fraction of sp³-hybridized carbons (Fsp3) is 0.118. The van der Waals surface area contributed by atoms with Gasteiger partial charge in [0.25, 0.3) is 10.0 Å². The molecule has 1 aromatic heterocycles. The van der Waals surface area contributed by atoms with E-state index in [2.05, 4.69) is 9.71 Å². The van der Waals surface area contributed by atoms with Gasteiger partial charge in [-0.1, -0.05) is 12.1 Å². The van der Waals surface area contributed by atoms with Crippen LogP contribution in [0.15, 0.2) is 59.6 Å². The second-order valence-corrected chi connectivity index (χ2v) is 7.17. The van der Waals surface area contributed by atoms with Gasteiger partial charge in [0.1, 0.15) is 4.90 Å². The number of nitrogens with one attached hydrogen (secondary N) is 1. The highest BCUT2D eigenvalue weighted by atomic mass is 32.2. The van der Waals surface area contributed by atoms with Gasteiger partial charge in [0, 0.05) is 17.3 Å². The van der Waals surface area contributed by atoms with Crippen molar-refractivity contribution in [3.63, 3.8) is 0 Å². The average Bonchev–Trinajstić information content (AvgIpc) is 2.53. The Bertz CT molecular complexity index is 1030. The Hall–Kier alpha value is -2.61. The molecule has 1 N–H and O–H groups in total. The van der Waals surface area contributed by atoms with Crippen molar-refractivity contribution in [2.24, 2.45) is 0 Å². The van der Waals surface area contributed by atoms with Crippen LogP contribution in [0.1, 0.15) is 11.1 Å². The van der Waals surface area contributed by atoms with Crippen LogP contribution in [-0.4, -0.2) is 13.4 Å². The van der Waals surface area contributed by atoms with Crippen molar-refractivity contribution in [3.05, 3.63) is 65.9 Å². The van der Waals surface area contributed by atoms with E-state index in [0.717, 1.165) is 29.8 Å². The van der Waals surface area contributed by atoms with E-state index in [1.54, 1.807) is 24.4 Å². The molecule has 0 fully saturated rings. The van der Waals surface area contributed by atoms with E-state index in [0.29, 0.717) is 10.9 Å². The third-order valence-electron chi connectivity index (χ3n) is 3.56. The van der Waals surface area contributed by atoms with E-state index in [1.165, 1.54) is 6.07 Å². The molecule has 0 saturated carbocycles. The van der Waals surface area contributed by atoms with E-state index in [1.807, 2.05) is 6.92 Å². The first-order chi connectivity index (χ1) is 11.7. The predicted octanol–water partition coefficient (Wildman–Crippen LogP) is 4.36. The molecule has 0 bridgehead atoms. The molecule has 0 atom stereocenters. The highest BCUT2D eigenvalue weighted by molar-refractivity contribution is 7.93. The maximum absolute atomic E-state index is 12.6. The smallest absolute Gasteiger partial charge is 0.280 e. The lowest BCUT2D eigenvalue weighted by Gasteiger charge is -2.11. The summed E-state index contributed by atoms with van der Waals surface area (Å²) in [6.07, 6.45) is -2.92. The van der Waals surface area contributed by atoms with Crippen molar-refractivity contribution >= 4 is 26.6 Å². The minimum atomic E-state index is -4.48. The van der Waals surface area contributed by atoms with Crippen LogP contribution in [0.3, 0.4) is 0 Å². The molecule has 0 radical (unpaired) electrons. The number of rotatable bonds is 3. The molecule has 0 unspecified atom stereocenters. The molecule has 0 spiro atoms. The molecule has 4 nitrogen and oxygen atoms in total. The maximum Gasteiger partial charge on any atom is 0.416 e. The lowest BCUT2D eigenvalue weighted by molar-refractivity contribution is -0.137. The first-order valence-electron chi connectivity index (χ1n) is 7.22. The van der Waals surface area contributed by atoms with Crippen LogP contribution >= 0.6 is 0 Å². The zero-order chi connectivity index (χ0) is 18.2. The van der Waals surface area contributed by atoms with Gasteiger partial charge in [-0.3, -0.25) is 9.71 Å². The summed E-state index contributed by atoms with van der Waals surface area (Å²) in [7, 11) is -3.99. The molecule has 0 aliphatic carbocycles. The monoisotopic (exact) mass is 366 g/mol. The number of alkyl halides is 3. The van der Waals surface area contributed by atoms with Crippen LogP contribution < -0.4 is 4.72 Å². The summed E-state index contributed by atoms with van der Waals surface area (Å²) in [6, 6.07) is 10.3. The number of hydrogen-bond acceptors (Lipinski definition) is 3. The van der Waals surface area contributed by atoms with Crippen molar-refractivity contribution in [1.82, 2.24) is 4.98 Å². The number of anilines is 1. The van der Waals surface area contributed by atoms with Crippen LogP contribution in [0, 0.1) is 6.92 Å². The van der Waals surface area contributed by atoms with E-state index in [9.17, 15) is 21.6 Å². The van der Waals surface area contributed by atoms with Crippen LogP contribution in [0.25, 0.3) is 10.9 Å². The molecule has 0 amide bonds. The first-order valence-corrected chi connectivity index (χ1v) is 8.70. The van der Waals surface area contributed by atoms with Gasteiger partial charge in [0.2, 0.25) is 0 Å². The number of hydrogen-bond donors (Lipinski definition) is 1. The van der Waals surface area contributed by atoms with Crippen molar-refractivity contribution in [2.45, 2.75) is 18.0 Å². The molecule has 0 saturated heterocycles. The van der Waals surface area contributed by atoms with Crippen molar-refractivity contribution in [2.75, 3.05) is 4.72 Å². The Morgan fingerprint density at radius 2 is 1.72 bits per heavy atom. The number of aromatic nitrogens is 1. The number of benzene rings is 2. The van der Waals surface area contributed by atoms with Crippen LogP contribution in [0.4, 0.5) is 18.9 Å². The summed E-state index contributed by atoms with van der Waals surface area (Å²) in [5.74, 6) is 0. The van der Waals surface area contributed by atoms with Gasteiger partial charge in [-0.25, -0.2) is 8.42 Å². The summed E-state index contributed by atoms with van der Waals surface area (Å²) in [5, 5.41) is 0.662. The SMILES string of the molecule is Cc1cnc2c(S(=O)(=O)Nc3ccc(C(F)(F)F)cc3)cccc2c1. The van der Waals surface area contributed by atoms with Gasteiger partial charge < -0.3 is 0 Å². The topological polar surface area (TPSA) is 59.1 Å². The maximum atomic E-state index is 12.6. The first kappa shape index (κ1) is 17.2. The number of para-hydroxylation sites is 1. The van der Waals surface area contributed by atoms with Gasteiger partial charge in [0.05, 0.1) is 11.1 Å². The second-order valence-electron chi connectivity index (χ2n) is 5.52. The molecule has 3 aromatic rings. The number of sulfonamides is 1. The number of pyridine rings is 1. The highest BCUT2D eigenvalue weighted by Gasteiger charge is 2.30. The van der Waals surface area contributed by atoms with E-state index in [-0.39, 0.29) is 10.6 Å². The quantitative estimate of drug-likeness (QED) is 0.749. The Morgan fingerprint density at radius 1 is 1.04 bits per heavy atom. The van der Waals surface area contributed by atoms with Gasteiger partial charge >= 0.3 is 6.18 Å². The number of fused-ring (bicyclic) bond motifs is 1. The Kier molecular flexibility index (Phi) is 4.16. The zero-order valence-corrected chi connectivity index (χ0v) is 13.8. The Labute approximate surface area is 142 Å². The molecule has 0 aliphatic rings. The van der Waals surface area contributed by atoms with Crippen LogP contribution in [0.2, 0.25) is 0 Å². The highest BCUT2D eigenvalue weighted by Crippen LogP contribution is 2.30. The minimum absolute atomic E-state index is 0.0371. The third-order valence-corrected chi connectivity index (χ3v) is 4.98. The lowest BCUT2D eigenvalue weighted by atomic mass is 10.2. The molecule has 8 heteroatoms. The summed E-state index contributed by atoms with van der Waals surface area (Å²) in [4.78, 5) is 4.13. The minimum Gasteiger partial charge on any atom is -0.280 e. The van der Waals surface area contributed by atoms with Crippen molar-refractivity contribution in [3.8, 4) is 0 Å². The number of halogens is 3. The Balaban J connectivity index is 1.98. The summed E-state index contributed by atoms with van der Waals surface area (Å²) < 4.78 is 65.3. The fourth-order valence-corrected chi connectivity index (χ4v) is 3.64. The van der Waals surface area contributed by atoms with Crippen molar-refractivity contribution in [1.29, 1.82) is 0 Å². The molecular formula is C17H13F3N2O2S. The Morgan fingerprint density at radius 3 is 2.36 bits per heavy atom. The standard InChI is InChI=1S/C17H13F3N2O2S/c1-11-9-12-3-2-4-15(16(12)21-10-11)25(23,24)22-14-7-5-13(6-8-14)17(18,19)20/h2-10,22H,1H3. The molecule has 130 valence electrons. The fourth-order valence-electron chi connectivity index (χ4n) is 2.40. The van der Waals surface area contributed by atoms with Gasteiger partial charge in [0.15, 0.2) is 0 Å². The molecule has 2 aromatic carbocycles. The largest absolute Gasteiger partial charge is 0.416 e. The molecule has 3 rings (SSSR count). The lowest BCUT2D eigenvalue weighted by Crippen LogP contribution is -2.14. The van der Waals surface area contributed by atoms with Crippen LogP contribution in [0.5, 0.6) is 0 Å². The van der Waals surface area contributed by atoms with E-state index >= 15 is 0 Å². The van der Waals surface area contributed by atoms with Gasteiger partial charge in [-0.15, -0.1) is 0 Å². The molecule has 1 heterocycles.